The molecule has 0 radical (unpaired) electrons. The Hall–Kier alpha value is -0.0400. The van der Waals surface area contributed by atoms with E-state index in [0.717, 1.165) is 0 Å². The molecule has 0 aromatic rings. The van der Waals surface area contributed by atoms with E-state index >= 15 is 0 Å². The third-order valence-corrected chi connectivity index (χ3v) is 3.96. The lowest BCUT2D eigenvalue weighted by atomic mass is 9.81. The number of rotatable bonds is 1. The Labute approximate surface area is 68.8 Å². The van der Waals surface area contributed by atoms with Crippen molar-refractivity contribution in [3.05, 3.63) is 0 Å². The highest BCUT2D eigenvalue weighted by Gasteiger charge is 2.54. The van der Waals surface area contributed by atoms with E-state index in [0.29, 0.717) is 17.8 Å². The van der Waals surface area contributed by atoms with Crippen LogP contribution in [0.4, 0.5) is 0 Å². The van der Waals surface area contributed by atoms with Crippen molar-refractivity contribution in [1.82, 2.24) is 0 Å². The van der Waals surface area contributed by atoms with E-state index in [9.17, 15) is 5.11 Å². The summed E-state index contributed by atoms with van der Waals surface area (Å²) in [7, 11) is 0. The molecule has 0 unspecified atom stereocenters. The molecule has 0 aromatic carbocycles. The molecule has 0 heterocycles. The Bertz CT molecular complexity index is 142. The third kappa shape index (κ3) is 0.807. The van der Waals surface area contributed by atoms with E-state index < -0.39 is 0 Å². The van der Waals surface area contributed by atoms with Crippen LogP contribution in [0, 0.1) is 17.8 Å². The molecule has 2 saturated carbocycles. The Morgan fingerprint density at radius 2 is 1.45 bits per heavy atom. The van der Waals surface area contributed by atoms with Gasteiger partial charge in [0.1, 0.15) is 0 Å². The normalized spacial score (nSPS) is 49.1. The van der Waals surface area contributed by atoms with Gasteiger partial charge in [-0.15, -0.1) is 0 Å². The van der Waals surface area contributed by atoms with Gasteiger partial charge in [0.25, 0.3) is 0 Å². The Morgan fingerprint density at radius 3 is 1.64 bits per heavy atom. The summed E-state index contributed by atoms with van der Waals surface area (Å²) in [6, 6.07) is 0. The van der Waals surface area contributed by atoms with Crippen molar-refractivity contribution in [2.24, 2.45) is 17.8 Å². The fourth-order valence-corrected chi connectivity index (χ4v) is 3.29. The second-order valence-electron chi connectivity index (χ2n) is 4.59. The van der Waals surface area contributed by atoms with Crippen molar-refractivity contribution < 1.29 is 5.11 Å². The predicted octanol–water partition coefficient (Wildman–Crippen LogP) is 2.19. The molecule has 1 N–H and O–H groups in total. The SMILES string of the molecule is CC(C)C1(O)C2CCC1CC2. The van der Waals surface area contributed by atoms with E-state index in [1.165, 1.54) is 25.7 Å². The first-order valence-electron chi connectivity index (χ1n) is 4.88. The molecule has 0 spiro atoms. The Kier molecular flexibility index (Phi) is 1.54. The summed E-state index contributed by atoms with van der Waals surface area (Å²) in [4.78, 5) is 0. The second kappa shape index (κ2) is 2.22. The molecule has 0 amide bonds. The molecule has 0 aliphatic heterocycles. The minimum absolute atomic E-state index is 0.278. The topological polar surface area (TPSA) is 20.2 Å². The van der Waals surface area contributed by atoms with Crippen molar-refractivity contribution in [1.29, 1.82) is 0 Å². The molecule has 0 atom stereocenters. The van der Waals surface area contributed by atoms with Crippen LogP contribution in [-0.4, -0.2) is 10.7 Å². The Balaban J connectivity index is 2.25. The van der Waals surface area contributed by atoms with Gasteiger partial charge < -0.3 is 5.11 Å². The van der Waals surface area contributed by atoms with Crippen molar-refractivity contribution >= 4 is 0 Å². The number of aliphatic hydroxyl groups is 1. The number of hydrogen-bond acceptors (Lipinski definition) is 1. The molecule has 2 aliphatic rings. The third-order valence-electron chi connectivity index (χ3n) is 3.96. The lowest BCUT2D eigenvalue weighted by Crippen LogP contribution is -2.39. The minimum atomic E-state index is -0.278. The smallest absolute Gasteiger partial charge is 0.0726 e. The highest BCUT2D eigenvalue weighted by atomic mass is 16.3. The number of hydrogen-bond donors (Lipinski definition) is 1. The second-order valence-corrected chi connectivity index (χ2v) is 4.59. The monoisotopic (exact) mass is 154 g/mol. The molecule has 0 saturated heterocycles. The van der Waals surface area contributed by atoms with Gasteiger partial charge >= 0.3 is 0 Å². The van der Waals surface area contributed by atoms with Crippen LogP contribution in [0.15, 0.2) is 0 Å². The lowest BCUT2D eigenvalue weighted by molar-refractivity contribution is -0.0470. The van der Waals surface area contributed by atoms with Crippen molar-refractivity contribution in [3.63, 3.8) is 0 Å². The van der Waals surface area contributed by atoms with Gasteiger partial charge in [-0.1, -0.05) is 13.8 Å². The first-order chi connectivity index (χ1) is 5.15. The summed E-state index contributed by atoms with van der Waals surface area (Å²) in [5.74, 6) is 1.72. The van der Waals surface area contributed by atoms with Crippen LogP contribution in [0.5, 0.6) is 0 Å². The van der Waals surface area contributed by atoms with Gasteiger partial charge in [0.2, 0.25) is 0 Å². The first-order valence-corrected chi connectivity index (χ1v) is 4.88. The van der Waals surface area contributed by atoms with Gasteiger partial charge in [-0.05, 0) is 43.4 Å². The van der Waals surface area contributed by atoms with Gasteiger partial charge in [0, 0.05) is 0 Å². The maximum Gasteiger partial charge on any atom is 0.0726 e. The van der Waals surface area contributed by atoms with E-state index in [1.807, 2.05) is 0 Å². The molecule has 2 bridgehead atoms. The van der Waals surface area contributed by atoms with Crippen LogP contribution in [-0.2, 0) is 0 Å². The van der Waals surface area contributed by atoms with Gasteiger partial charge in [-0.3, -0.25) is 0 Å². The zero-order valence-electron chi connectivity index (χ0n) is 7.51. The summed E-state index contributed by atoms with van der Waals surface area (Å²) in [5.41, 5.74) is -0.278. The summed E-state index contributed by atoms with van der Waals surface area (Å²) < 4.78 is 0. The van der Waals surface area contributed by atoms with Crippen LogP contribution in [0.2, 0.25) is 0 Å². The van der Waals surface area contributed by atoms with Crippen LogP contribution >= 0.6 is 0 Å². The van der Waals surface area contributed by atoms with E-state index in [2.05, 4.69) is 13.8 Å². The van der Waals surface area contributed by atoms with Gasteiger partial charge in [0.05, 0.1) is 5.60 Å². The summed E-state index contributed by atoms with van der Waals surface area (Å²) in [6.07, 6.45) is 5.11. The molecule has 2 fully saturated rings. The average Bonchev–Trinajstić information content (AvgIpc) is 2.46. The summed E-state index contributed by atoms with van der Waals surface area (Å²) in [5, 5.41) is 10.4. The van der Waals surface area contributed by atoms with E-state index in [-0.39, 0.29) is 5.60 Å². The largest absolute Gasteiger partial charge is 0.389 e. The molecule has 2 rings (SSSR count). The molecule has 64 valence electrons. The zero-order chi connectivity index (χ0) is 8.06. The first kappa shape index (κ1) is 7.60. The summed E-state index contributed by atoms with van der Waals surface area (Å²) in [6.45, 7) is 4.33. The molecular weight excluding hydrogens is 136 g/mol. The van der Waals surface area contributed by atoms with Crippen LogP contribution in [0.25, 0.3) is 0 Å². The zero-order valence-corrected chi connectivity index (χ0v) is 7.51. The van der Waals surface area contributed by atoms with Crippen LogP contribution in [0.1, 0.15) is 39.5 Å². The van der Waals surface area contributed by atoms with Crippen molar-refractivity contribution in [2.45, 2.75) is 45.1 Å². The van der Waals surface area contributed by atoms with E-state index in [4.69, 9.17) is 0 Å². The molecule has 11 heavy (non-hydrogen) atoms. The molecule has 1 heteroatoms. The molecule has 2 aliphatic carbocycles. The minimum Gasteiger partial charge on any atom is -0.389 e. The van der Waals surface area contributed by atoms with Crippen molar-refractivity contribution in [3.8, 4) is 0 Å². The molecule has 1 nitrogen and oxygen atoms in total. The average molecular weight is 154 g/mol. The van der Waals surface area contributed by atoms with E-state index in [1.54, 1.807) is 0 Å². The van der Waals surface area contributed by atoms with Crippen LogP contribution < -0.4 is 0 Å². The predicted molar refractivity (Wildman–Crippen MR) is 45.2 cm³/mol. The Morgan fingerprint density at radius 1 is 1.09 bits per heavy atom. The maximum absolute atomic E-state index is 10.4. The number of fused-ring (bicyclic) bond motifs is 2. The summed E-state index contributed by atoms with van der Waals surface area (Å²) >= 11 is 0. The fourth-order valence-electron chi connectivity index (χ4n) is 3.29. The molecular formula is C10H18O. The fraction of sp³-hybridized carbons (Fsp3) is 1.00. The maximum atomic E-state index is 10.4. The van der Waals surface area contributed by atoms with Crippen molar-refractivity contribution in [2.75, 3.05) is 0 Å². The molecule has 0 aromatic heterocycles. The lowest BCUT2D eigenvalue weighted by Gasteiger charge is -2.32. The van der Waals surface area contributed by atoms with Gasteiger partial charge in [-0.25, -0.2) is 0 Å². The highest BCUT2D eigenvalue weighted by Crippen LogP contribution is 2.55. The van der Waals surface area contributed by atoms with Gasteiger partial charge in [-0.2, -0.15) is 0 Å². The quantitative estimate of drug-likeness (QED) is 0.614. The van der Waals surface area contributed by atoms with Crippen LogP contribution in [0.3, 0.4) is 0 Å². The standard InChI is InChI=1S/C10H18O/c1-7(2)10(11)8-3-4-9(10)6-5-8/h7-9,11H,3-6H2,1-2H3. The van der Waals surface area contributed by atoms with Gasteiger partial charge in [0.15, 0.2) is 0 Å². The highest BCUT2D eigenvalue weighted by molar-refractivity contribution is 5.05.